The Balaban J connectivity index is 3.43. The minimum atomic E-state index is -2.28. The average Bonchev–Trinajstić information content (AvgIpc) is 2.85. The number of hydrogen-bond acceptors (Lipinski definition) is 5. The highest BCUT2D eigenvalue weighted by Gasteiger charge is 2.56. The number of aliphatic hydroxyl groups is 1. The molecule has 1 heterocycles. The van der Waals surface area contributed by atoms with E-state index in [1.807, 2.05) is 0 Å². The molecular weight excluding hydrogens is 472 g/mol. The zero-order valence-electron chi connectivity index (χ0n) is 24.1. The second-order valence-corrected chi connectivity index (χ2v) is 28.5. The van der Waals surface area contributed by atoms with Gasteiger partial charge in [0.05, 0.1) is 0 Å². The van der Waals surface area contributed by atoms with Crippen LogP contribution in [0.5, 0.6) is 0 Å². The third-order valence-electron chi connectivity index (χ3n) is 8.47. The van der Waals surface area contributed by atoms with Crippen molar-refractivity contribution in [2.45, 2.75) is 147 Å². The summed E-state index contributed by atoms with van der Waals surface area (Å²) in [5, 5.41) is 10.8. The van der Waals surface area contributed by atoms with Gasteiger partial charge in [0.25, 0.3) is 0 Å². The molecule has 0 amide bonds. The zero-order valence-corrected chi connectivity index (χ0v) is 27.1. The maximum atomic E-state index is 14.5. The Morgan fingerprint density at radius 1 is 0.727 bits per heavy atom. The molecule has 0 bridgehead atoms. The van der Waals surface area contributed by atoms with Crippen molar-refractivity contribution < 1.29 is 27.5 Å². The summed E-state index contributed by atoms with van der Waals surface area (Å²) in [6.07, 6.45) is -4.01. The molecule has 1 fully saturated rings. The normalized spacial score (nSPS) is 27.2. The number of hydrogen-bond donors (Lipinski definition) is 1. The van der Waals surface area contributed by atoms with E-state index in [1.165, 1.54) is 0 Å². The highest BCUT2D eigenvalue weighted by atomic mass is 28.4. The summed E-state index contributed by atoms with van der Waals surface area (Å²) in [4.78, 5) is 0. The van der Waals surface area contributed by atoms with Crippen LogP contribution in [0.25, 0.3) is 0 Å². The van der Waals surface area contributed by atoms with E-state index in [9.17, 15) is 9.50 Å². The fourth-order valence-corrected chi connectivity index (χ4v) is 6.89. The summed E-state index contributed by atoms with van der Waals surface area (Å²) in [6.45, 7) is 31.5. The molecule has 33 heavy (non-hydrogen) atoms. The largest absolute Gasteiger partial charge is 0.408 e. The molecule has 0 spiro atoms. The molecule has 5 nitrogen and oxygen atoms in total. The topological polar surface area (TPSA) is 57.2 Å². The molecule has 5 atom stereocenters. The SMILES string of the molecule is CC(C)(C)[Si](C)(C)O[C@H]1[C@H](O[Si](C)(C)C(C)(C)C)[C@H](O)O[C@@H]1[C@H](CF)O[Si](C)(C)C(C)(C)C. The number of ether oxygens (including phenoxy) is 1. The van der Waals surface area contributed by atoms with E-state index in [-0.39, 0.29) is 15.1 Å². The van der Waals surface area contributed by atoms with Crippen molar-refractivity contribution in [3.05, 3.63) is 0 Å². The van der Waals surface area contributed by atoms with Crippen LogP contribution < -0.4 is 0 Å². The van der Waals surface area contributed by atoms with Gasteiger partial charge in [-0.1, -0.05) is 62.3 Å². The Kier molecular flexibility index (Phi) is 9.55. The predicted octanol–water partition coefficient (Wildman–Crippen LogP) is 6.84. The maximum Gasteiger partial charge on any atom is 0.192 e. The van der Waals surface area contributed by atoms with Gasteiger partial charge in [-0.05, 0) is 54.4 Å². The highest BCUT2D eigenvalue weighted by Crippen LogP contribution is 2.45. The standard InChI is InChI=1S/C24H53FO5Si3/c1-22(2,3)31(10,11)28-17(16-25)18-19(29-32(12,13)23(4,5)6)20(21(26)27-18)30-33(14,15)24(7,8)9/h17-21,26H,16H2,1-15H3/t17-,18+,19+,20-,21+/m0/s1. The molecule has 0 aromatic heterocycles. The molecule has 198 valence electrons. The molecule has 0 aliphatic carbocycles. The number of halogens is 1. The first-order valence-corrected chi connectivity index (χ1v) is 21.0. The third-order valence-corrected chi connectivity index (χ3v) is 21.9. The van der Waals surface area contributed by atoms with Gasteiger partial charge < -0.3 is 23.1 Å². The van der Waals surface area contributed by atoms with Crippen LogP contribution >= 0.6 is 0 Å². The van der Waals surface area contributed by atoms with Crippen LogP contribution in [0.2, 0.25) is 54.4 Å². The number of rotatable bonds is 8. The molecule has 0 radical (unpaired) electrons. The Morgan fingerprint density at radius 2 is 1.09 bits per heavy atom. The van der Waals surface area contributed by atoms with Crippen molar-refractivity contribution in [2.75, 3.05) is 6.67 Å². The summed E-state index contributed by atoms with van der Waals surface area (Å²) < 4.78 is 40.5. The summed E-state index contributed by atoms with van der Waals surface area (Å²) in [5.74, 6) is 0. The lowest BCUT2D eigenvalue weighted by molar-refractivity contribution is -0.143. The Labute approximate surface area is 206 Å². The highest BCUT2D eigenvalue weighted by molar-refractivity contribution is 6.75. The molecule has 1 N–H and O–H groups in total. The second-order valence-electron chi connectivity index (χ2n) is 14.2. The minimum absolute atomic E-state index is 0.0521. The van der Waals surface area contributed by atoms with Gasteiger partial charge in [0.1, 0.15) is 31.1 Å². The van der Waals surface area contributed by atoms with Crippen LogP contribution in [0, 0.1) is 0 Å². The van der Waals surface area contributed by atoms with Crippen molar-refractivity contribution in [2.24, 2.45) is 0 Å². The molecule has 0 unspecified atom stereocenters. The van der Waals surface area contributed by atoms with Crippen LogP contribution in [0.4, 0.5) is 4.39 Å². The predicted molar refractivity (Wildman–Crippen MR) is 143 cm³/mol. The lowest BCUT2D eigenvalue weighted by Crippen LogP contribution is -2.57. The van der Waals surface area contributed by atoms with Crippen LogP contribution in [-0.2, 0) is 18.0 Å². The van der Waals surface area contributed by atoms with E-state index < -0.39 is 62.3 Å². The first-order valence-electron chi connectivity index (χ1n) is 12.3. The fourth-order valence-electron chi connectivity index (χ4n) is 3.00. The summed E-state index contributed by atoms with van der Waals surface area (Å²) in [6, 6.07) is 0. The van der Waals surface area contributed by atoms with Gasteiger partial charge in [0.15, 0.2) is 31.2 Å². The maximum absolute atomic E-state index is 14.5. The van der Waals surface area contributed by atoms with Crippen LogP contribution in [0.1, 0.15) is 62.3 Å². The quantitative estimate of drug-likeness (QED) is 0.352. The van der Waals surface area contributed by atoms with E-state index in [2.05, 4.69) is 102 Å². The van der Waals surface area contributed by atoms with Crippen LogP contribution in [0.3, 0.4) is 0 Å². The van der Waals surface area contributed by atoms with Crippen LogP contribution in [-0.4, -0.2) is 67.4 Å². The summed E-state index contributed by atoms with van der Waals surface area (Å²) in [5.41, 5.74) is 0. The molecule has 9 heteroatoms. The monoisotopic (exact) mass is 524 g/mol. The van der Waals surface area contributed by atoms with Gasteiger partial charge in [-0.2, -0.15) is 0 Å². The van der Waals surface area contributed by atoms with Crippen molar-refractivity contribution >= 4 is 25.0 Å². The number of alkyl halides is 1. The summed E-state index contributed by atoms with van der Waals surface area (Å²) >= 11 is 0. The van der Waals surface area contributed by atoms with E-state index >= 15 is 0 Å². The molecule has 1 rings (SSSR count). The van der Waals surface area contributed by atoms with Crippen molar-refractivity contribution in [3.8, 4) is 0 Å². The van der Waals surface area contributed by atoms with Gasteiger partial charge in [-0.25, -0.2) is 4.39 Å². The first-order chi connectivity index (χ1) is 14.4. The Morgan fingerprint density at radius 3 is 1.42 bits per heavy atom. The molecule has 0 aromatic carbocycles. The van der Waals surface area contributed by atoms with Gasteiger partial charge in [-0.3, -0.25) is 0 Å². The molecule has 0 aromatic rings. The van der Waals surface area contributed by atoms with E-state index in [0.29, 0.717) is 0 Å². The van der Waals surface area contributed by atoms with Crippen LogP contribution in [0.15, 0.2) is 0 Å². The minimum Gasteiger partial charge on any atom is -0.408 e. The molecule has 1 aliphatic rings. The number of aliphatic hydroxyl groups excluding tert-OH is 1. The third kappa shape index (κ3) is 7.21. The van der Waals surface area contributed by atoms with Gasteiger partial charge >= 0.3 is 0 Å². The smallest absolute Gasteiger partial charge is 0.192 e. The Hall–Kier alpha value is 0.381. The lowest BCUT2D eigenvalue weighted by Gasteiger charge is -2.45. The zero-order chi connectivity index (χ0) is 26.4. The molecule has 1 aliphatic heterocycles. The average molecular weight is 525 g/mol. The lowest BCUT2D eigenvalue weighted by atomic mass is 10.1. The molecule has 1 saturated heterocycles. The molecular formula is C24H53FO5Si3. The van der Waals surface area contributed by atoms with Gasteiger partial charge in [-0.15, -0.1) is 0 Å². The van der Waals surface area contributed by atoms with Gasteiger partial charge in [0, 0.05) is 0 Å². The Bertz CT molecular complexity index is 650. The van der Waals surface area contributed by atoms with Crippen molar-refractivity contribution in [3.63, 3.8) is 0 Å². The van der Waals surface area contributed by atoms with E-state index in [1.54, 1.807) is 0 Å². The second kappa shape index (κ2) is 10.0. The van der Waals surface area contributed by atoms with E-state index in [0.717, 1.165) is 0 Å². The first kappa shape index (κ1) is 31.4. The van der Waals surface area contributed by atoms with Gasteiger partial charge in [0.2, 0.25) is 0 Å². The fraction of sp³-hybridized carbons (Fsp3) is 1.00. The van der Waals surface area contributed by atoms with Crippen molar-refractivity contribution in [1.29, 1.82) is 0 Å². The van der Waals surface area contributed by atoms with Crippen molar-refractivity contribution in [1.82, 2.24) is 0 Å². The van der Waals surface area contributed by atoms with E-state index in [4.69, 9.17) is 18.0 Å². The molecule has 0 saturated carbocycles. The summed E-state index contributed by atoms with van der Waals surface area (Å²) in [7, 11) is -6.82.